The minimum Gasteiger partial charge on any atom is -0.368 e. The molecule has 10 heteroatoms. The number of benzene rings is 1. The first-order valence-electron chi connectivity index (χ1n) is 6.18. The maximum absolute atomic E-state index is 11.4. The van der Waals surface area contributed by atoms with E-state index >= 15 is 0 Å². The standard InChI is InChI=1S/C11H17NO7P2/c13-11(20(14,15)16,21(17,18)19)5-9-7-12-6-8-3-1-2-4-10(8)9/h1-4,9,12-13H,5-7H2,(H2,14,15,16)(H2,17,18,19). The highest BCUT2D eigenvalue weighted by molar-refractivity contribution is 7.72. The third-order valence-electron chi connectivity index (χ3n) is 3.65. The van der Waals surface area contributed by atoms with E-state index in [2.05, 4.69) is 5.32 Å². The summed E-state index contributed by atoms with van der Waals surface area (Å²) in [6, 6.07) is 7.05. The molecule has 8 nitrogen and oxygen atoms in total. The normalized spacial score (nSPS) is 20.1. The highest BCUT2D eigenvalue weighted by Gasteiger charge is 2.60. The van der Waals surface area contributed by atoms with Crippen molar-refractivity contribution in [2.45, 2.75) is 24.0 Å². The van der Waals surface area contributed by atoms with Crippen molar-refractivity contribution in [3.63, 3.8) is 0 Å². The molecule has 6 N–H and O–H groups in total. The Morgan fingerprint density at radius 1 is 1.14 bits per heavy atom. The number of aliphatic hydroxyl groups is 1. The average Bonchev–Trinajstić information content (AvgIpc) is 2.36. The summed E-state index contributed by atoms with van der Waals surface area (Å²) in [6.45, 7) is 0.816. The molecule has 1 aliphatic rings. The summed E-state index contributed by atoms with van der Waals surface area (Å²) in [5, 5.41) is 9.63. The molecule has 0 amide bonds. The molecule has 0 aliphatic carbocycles. The fourth-order valence-corrected chi connectivity index (χ4v) is 4.78. The second-order valence-electron chi connectivity index (χ2n) is 5.09. The SMILES string of the molecule is O=P(O)(O)C(O)(CC1CNCc2ccccc21)P(=O)(O)O. The van der Waals surface area contributed by atoms with Crippen LogP contribution >= 0.6 is 15.2 Å². The summed E-state index contributed by atoms with van der Waals surface area (Å²) in [5.74, 6) is -0.611. The smallest absolute Gasteiger partial charge is 0.368 e. The molecule has 0 radical (unpaired) electrons. The van der Waals surface area contributed by atoms with E-state index in [-0.39, 0.29) is 6.54 Å². The molecular weight excluding hydrogens is 320 g/mol. The fourth-order valence-electron chi connectivity index (χ4n) is 2.50. The molecule has 0 saturated heterocycles. The minimum atomic E-state index is -5.42. The van der Waals surface area contributed by atoms with Crippen LogP contribution in [-0.4, -0.2) is 36.3 Å². The summed E-state index contributed by atoms with van der Waals surface area (Å²) in [6.07, 6.45) is -0.731. The number of rotatable bonds is 4. The van der Waals surface area contributed by atoms with E-state index in [4.69, 9.17) is 0 Å². The van der Waals surface area contributed by atoms with Gasteiger partial charge in [0.2, 0.25) is 0 Å². The van der Waals surface area contributed by atoms with Crippen LogP contribution in [0.15, 0.2) is 24.3 Å². The Morgan fingerprint density at radius 3 is 2.29 bits per heavy atom. The Hall–Kier alpha value is -0.560. The van der Waals surface area contributed by atoms with Crippen molar-refractivity contribution in [2.75, 3.05) is 6.54 Å². The molecule has 1 atom stereocenters. The lowest BCUT2D eigenvalue weighted by Gasteiger charge is -2.35. The lowest BCUT2D eigenvalue weighted by Crippen LogP contribution is -2.36. The predicted molar refractivity (Wildman–Crippen MR) is 74.5 cm³/mol. The van der Waals surface area contributed by atoms with Gasteiger partial charge >= 0.3 is 15.2 Å². The largest absolute Gasteiger partial charge is 0.369 e. The molecule has 1 aromatic carbocycles. The number of fused-ring (bicyclic) bond motifs is 1. The van der Waals surface area contributed by atoms with Gasteiger partial charge in [0.1, 0.15) is 0 Å². The number of hydrogen-bond acceptors (Lipinski definition) is 4. The highest BCUT2D eigenvalue weighted by Crippen LogP contribution is 2.70. The van der Waals surface area contributed by atoms with Gasteiger partial charge in [-0.25, -0.2) is 0 Å². The van der Waals surface area contributed by atoms with Crippen molar-refractivity contribution < 1.29 is 33.8 Å². The van der Waals surface area contributed by atoms with Crippen LogP contribution in [0.25, 0.3) is 0 Å². The summed E-state index contributed by atoms with van der Waals surface area (Å²) in [4.78, 5) is 36.8. The van der Waals surface area contributed by atoms with E-state index in [0.29, 0.717) is 6.54 Å². The Kier molecular flexibility index (Phi) is 4.46. The van der Waals surface area contributed by atoms with Crippen LogP contribution in [0.5, 0.6) is 0 Å². The van der Waals surface area contributed by atoms with Crippen molar-refractivity contribution in [1.82, 2.24) is 5.32 Å². The molecule has 1 aliphatic heterocycles. The summed E-state index contributed by atoms with van der Waals surface area (Å²) in [5.41, 5.74) is 1.59. The quantitative estimate of drug-likeness (QED) is 0.429. The monoisotopic (exact) mass is 337 g/mol. The van der Waals surface area contributed by atoms with E-state index in [9.17, 15) is 33.8 Å². The summed E-state index contributed by atoms with van der Waals surface area (Å²) in [7, 11) is -10.8. The maximum atomic E-state index is 11.4. The van der Waals surface area contributed by atoms with E-state index in [1.165, 1.54) is 0 Å². The van der Waals surface area contributed by atoms with Gasteiger partial charge in [-0.3, -0.25) is 9.13 Å². The minimum absolute atomic E-state index is 0.263. The van der Waals surface area contributed by atoms with Gasteiger partial charge in [0.05, 0.1) is 0 Å². The second-order valence-corrected chi connectivity index (χ2v) is 9.10. The molecule has 2 rings (SSSR count). The molecule has 0 aromatic heterocycles. The zero-order valence-corrected chi connectivity index (χ0v) is 12.7. The Balaban J connectivity index is 2.41. The first kappa shape index (κ1) is 16.8. The van der Waals surface area contributed by atoms with Crippen LogP contribution in [0, 0.1) is 0 Å². The average molecular weight is 337 g/mol. The lowest BCUT2D eigenvalue weighted by molar-refractivity contribution is 0.115. The Morgan fingerprint density at radius 2 is 1.71 bits per heavy atom. The van der Waals surface area contributed by atoms with Crippen molar-refractivity contribution in [1.29, 1.82) is 0 Å². The van der Waals surface area contributed by atoms with Crippen molar-refractivity contribution in [3.05, 3.63) is 35.4 Å². The second kappa shape index (κ2) is 5.57. The third-order valence-corrected chi connectivity index (χ3v) is 7.45. The molecule has 0 saturated carbocycles. The van der Waals surface area contributed by atoms with Gasteiger partial charge in [0.15, 0.2) is 0 Å². The van der Waals surface area contributed by atoms with Crippen LogP contribution in [0.4, 0.5) is 0 Å². The van der Waals surface area contributed by atoms with E-state index in [0.717, 1.165) is 11.1 Å². The van der Waals surface area contributed by atoms with Crippen molar-refractivity contribution in [3.8, 4) is 0 Å². The van der Waals surface area contributed by atoms with E-state index in [1.54, 1.807) is 18.2 Å². The lowest BCUT2D eigenvalue weighted by atomic mass is 9.89. The molecule has 1 aromatic rings. The molecule has 118 valence electrons. The van der Waals surface area contributed by atoms with Crippen LogP contribution in [0.3, 0.4) is 0 Å². The maximum Gasteiger partial charge on any atom is 0.369 e. The summed E-state index contributed by atoms with van der Waals surface area (Å²) < 4.78 is 22.8. The molecule has 0 bridgehead atoms. The van der Waals surface area contributed by atoms with Gasteiger partial charge in [-0.1, -0.05) is 24.3 Å². The van der Waals surface area contributed by atoms with Crippen LogP contribution in [0.1, 0.15) is 23.5 Å². The Bertz CT molecular complexity index is 601. The first-order valence-corrected chi connectivity index (χ1v) is 9.41. The van der Waals surface area contributed by atoms with E-state index in [1.807, 2.05) is 6.07 Å². The first-order chi connectivity index (χ1) is 9.56. The highest BCUT2D eigenvalue weighted by atomic mass is 31.2. The summed E-state index contributed by atoms with van der Waals surface area (Å²) >= 11 is 0. The van der Waals surface area contributed by atoms with Gasteiger partial charge < -0.3 is 30.0 Å². The molecule has 1 unspecified atom stereocenters. The van der Waals surface area contributed by atoms with Gasteiger partial charge in [-0.15, -0.1) is 0 Å². The van der Waals surface area contributed by atoms with Crippen molar-refractivity contribution in [2.24, 2.45) is 0 Å². The topological polar surface area (TPSA) is 147 Å². The van der Waals surface area contributed by atoms with Crippen LogP contribution in [-0.2, 0) is 15.7 Å². The zero-order chi connectivity index (χ0) is 15.9. The Labute approximate surface area is 121 Å². The zero-order valence-electron chi connectivity index (χ0n) is 11.0. The molecule has 0 fully saturated rings. The molecular formula is C11H17NO7P2. The number of hydrogen-bond donors (Lipinski definition) is 6. The third kappa shape index (κ3) is 3.13. The molecule has 21 heavy (non-hydrogen) atoms. The van der Waals surface area contributed by atoms with Gasteiger partial charge in [0.25, 0.3) is 5.08 Å². The van der Waals surface area contributed by atoms with Crippen LogP contribution in [0.2, 0.25) is 0 Å². The van der Waals surface area contributed by atoms with E-state index < -0.39 is 32.6 Å². The fraction of sp³-hybridized carbons (Fsp3) is 0.455. The van der Waals surface area contributed by atoms with Crippen molar-refractivity contribution >= 4 is 15.2 Å². The van der Waals surface area contributed by atoms with Crippen LogP contribution < -0.4 is 5.32 Å². The molecule has 1 heterocycles. The number of nitrogens with one attached hydrogen (secondary N) is 1. The van der Waals surface area contributed by atoms with Gasteiger partial charge in [0, 0.05) is 25.4 Å². The van der Waals surface area contributed by atoms with Gasteiger partial charge in [-0.2, -0.15) is 0 Å². The predicted octanol–water partition coefficient (Wildman–Crippen LogP) is 0.265. The molecule has 0 spiro atoms. The van der Waals surface area contributed by atoms with Gasteiger partial charge in [-0.05, 0) is 11.1 Å².